The van der Waals surface area contributed by atoms with Crippen molar-refractivity contribution in [2.75, 3.05) is 11.5 Å². The Balaban J connectivity index is 0.00000171. The van der Waals surface area contributed by atoms with Gasteiger partial charge in [0.1, 0.15) is 10.1 Å². The van der Waals surface area contributed by atoms with Crippen LogP contribution in [-0.2, 0) is 16.5 Å². The second-order valence-electron chi connectivity index (χ2n) is 7.11. The summed E-state index contributed by atoms with van der Waals surface area (Å²) in [4.78, 5) is 10.2. The van der Waals surface area contributed by atoms with Gasteiger partial charge in [-0.05, 0) is 43.0 Å². The normalized spacial score (nSPS) is 16.0. The maximum Gasteiger partial charge on any atom is 0.129 e. The molecular weight excluding hydrogens is 463 g/mol. The van der Waals surface area contributed by atoms with Crippen molar-refractivity contribution >= 4 is 45.0 Å². The number of hydrogen-bond donors (Lipinski definition) is 0. The van der Waals surface area contributed by atoms with Crippen molar-refractivity contribution in [2.24, 2.45) is 9.98 Å². The SMILES string of the molecule is Cc1cccc(C)c1N=C1SCCSC1=Nc1c(C)cccc1-c1ccccc1.[CH3-].[Ni]. The predicted octanol–water partition coefficient (Wildman–Crippen LogP) is 7.97. The molecule has 0 amide bonds. The van der Waals surface area contributed by atoms with Crippen LogP contribution in [0.1, 0.15) is 16.7 Å². The van der Waals surface area contributed by atoms with Gasteiger partial charge in [-0.25, -0.2) is 9.98 Å². The van der Waals surface area contributed by atoms with Crippen LogP contribution >= 0.6 is 23.5 Å². The number of thioether (sulfide) groups is 2. The molecule has 0 atom stereocenters. The average Bonchev–Trinajstić information content (AvgIpc) is 2.74. The molecule has 1 saturated heterocycles. The predicted molar refractivity (Wildman–Crippen MR) is 138 cm³/mol. The molecule has 4 rings (SSSR count). The third kappa shape index (κ3) is 5.91. The largest absolute Gasteiger partial charge is 0.358 e. The van der Waals surface area contributed by atoms with Crippen LogP contribution in [0, 0.1) is 28.2 Å². The van der Waals surface area contributed by atoms with Crippen LogP contribution in [0.5, 0.6) is 0 Å². The Morgan fingerprint density at radius 3 is 1.68 bits per heavy atom. The van der Waals surface area contributed by atoms with Crippen molar-refractivity contribution in [3.8, 4) is 11.1 Å². The molecule has 5 heteroatoms. The van der Waals surface area contributed by atoms with E-state index in [1.54, 1.807) is 0 Å². The summed E-state index contributed by atoms with van der Waals surface area (Å²) < 4.78 is 0. The number of benzene rings is 3. The van der Waals surface area contributed by atoms with Gasteiger partial charge in [0.15, 0.2) is 0 Å². The number of hydrogen-bond acceptors (Lipinski definition) is 4. The quantitative estimate of drug-likeness (QED) is 0.275. The summed E-state index contributed by atoms with van der Waals surface area (Å²) in [5.41, 5.74) is 8.05. The molecule has 3 aromatic rings. The summed E-state index contributed by atoms with van der Waals surface area (Å²) in [5.74, 6) is 2.12. The molecule has 1 heterocycles. The number of rotatable bonds is 3. The maximum absolute atomic E-state index is 5.16. The Kier molecular flexibility index (Phi) is 9.62. The zero-order valence-electron chi connectivity index (χ0n) is 18.3. The van der Waals surface area contributed by atoms with E-state index in [0.29, 0.717) is 0 Å². The Hall–Kier alpha value is -1.81. The molecule has 0 bridgehead atoms. The van der Waals surface area contributed by atoms with Gasteiger partial charge in [0.2, 0.25) is 0 Å². The molecule has 1 fully saturated rings. The first-order valence-corrected chi connectivity index (χ1v) is 11.7. The van der Waals surface area contributed by atoms with E-state index in [1.165, 1.54) is 27.8 Å². The van der Waals surface area contributed by atoms with Crippen molar-refractivity contribution in [1.82, 2.24) is 0 Å². The van der Waals surface area contributed by atoms with E-state index in [1.807, 2.05) is 29.6 Å². The standard InChI is InChI=1S/C25H24N2S2.CH3.Ni/c1-17-9-7-10-18(2)22(17)26-24-25(29-16-15-28-24)27-23-19(3)11-8-14-21(23)20-12-5-4-6-13-20;;/h4-14H,15-16H2,1-3H3;1H3;/q;-1;. The molecule has 2 nitrogen and oxygen atoms in total. The number of para-hydroxylation sites is 2. The molecule has 1 aliphatic rings. The van der Waals surface area contributed by atoms with E-state index in [2.05, 4.69) is 81.4 Å². The van der Waals surface area contributed by atoms with Crippen molar-refractivity contribution in [1.29, 1.82) is 0 Å². The molecule has 0 spiro atoms. The maximum atomic E-state index is 5.16. The van der Waals surface area contributed by atoms with E-state index in [-0.39, 0.29) is 23.9 Å². The van der Waals surface area contributed by atoms with Gasteiger partial charge in [0.25, 0.3) is 0 Å². The van der Waals surface area contributed by atoms with E-state index < -0.39 is 0 Å². The van der Waals surface area contributed by atoms with Crippen molar-refractivity contribution in [2.45, 2.75) is 20.8 Å². The summed E-state index contributed by atoms with van der Waals surface area (Å²) in [6.07, 6.45) is 0. The minimum Gasteiger partial charge on any atom is -0.358 e. The van der Waals surface area contributed by atoms with Crippen LogP contribution in [0.3, 0.4) is 0 Å². The van der Waals surface area contributed by atoms with Crippen LogP contribution in [0.15, 0.2) is 76.7 Å². The zero-order chi connectivity index (χ0) is 20.2. The van der Waals surface area contributed by atoms with Gasteiger partial charge in [-0.1, -0.05) is 66.7 Å². The molecule has 1 aliphatic heterocycles. The minimum atomic E-state index is 0. The molecular formula is C26H27N2NiS2-. The third-order valence-electron chi connectivity index (χ3n) is 4.93. The summed E-state index contributed by atoms with van der Waals surface area (Å²) in [6, 6.07) is 23.2. The fourth-order valence-electron chi connectivity index (χ4n) is 3.40. The van der Waals surface area contributed by atoms with Crippen LogP contribution in [0.2, 0.25) is 0 Å². The zero-order valence-corrected chi connectivity index (χ0v) is 20.9. The van der Waals surface area contributed by atoms with Crippen LogP contribution in [0.25, 0.3) is 11.1 Å². The van der Waals surface area contributed by atoms with Crippen LogP contribution in [0.4, 0.5) is 11.4 Å². The molecule has 164 valence electrons. The van der Waals surface area contributed by atoms with Gasteiger partial charge >= 0.3 is 0 Å². The van der Waals surface area contributed by atoms with Gasteiger partial charge in [-0.15, -0.1) is 23.5 Å². The van der Waals surface area contributed by atoms with Crippen LogP contribution in [-0.4, -0.2) is 21.6 Å². The Bertz CT molecular complexity index is 1070. The number of aryl methyl sites for hydroxylation is 3. The second kappa shape index (κ2) is 11.7. The van der Waals surface area contributed by atoms with Crippen molar-refractivity contribution in [3.05, 3.63) is 90.8 Å². The van der Waals surface area contributed by atoms with E-state index >= 15 is 0 Å². The van der Waals surface area contributed by atoms with E-state index in [9.17, 15) is 0 Å². The van der Waals surface area contributed by atoms with Gasteiger partial charge in [0.05, 0.1) is 11.4 Å². The second-order valence-corrected chi connectivity index (χ2v) is 9.28. The summed E-state index contributed by atoms with van der Waals surface area (Å²) in [5, 5.41) is 2.05. The Labute approximate surface area is 205 Å². The van der Waals surface area contributed by atoms with Crippen molar-refractivity contribution in [3.63, 3.8) is 0 Å². The van der Waals surface area contributed by atoms with Gasteiger partial charge in [0, 0.05) is 33.6 Å². The Morgan fingerprint density at radius 1 is 0.613 bits per heavy atom. The van der Waals surface area contributed by atoms with Gasteiger partial charge in [-0.2, -0.15) is 0 Å². The van der Waals surface area contributed by atoms with E-state index in [4.69, 9.17) is 9.98 Å². The smallest absolute Gasteiger partial charge is 0.129 e. The molecule has 31 heavy (non-hydrogen) atoms. The molecule has 0 aliphatic carbocycles. The van der Waals surface area contributed by atoms with Crippen LogP contribution < -0.4 is 0 Å². The number of nitrogens with zero attached hydrogens (tertiary/aromatic N) is 2. The first-order valence-electron chi connectivity index (χ1n) is 9.78. The summed E-state index contributed by atoms with van der Waals surface area (Å²) >= 11 is 3.62. The topological polar surface area (TPSA) is 24.7 Å². The average molecular weight is 490 g/mol. The van der Waals surface area contributed by atoms with Crippen molar-refractivity contribution < 1.29 is 16.5 Å². The fourth-order valence-corrected chi connectivity index (χ4v) is 5.46. The molecule has 0 aromatic heterocycles. The molecule has 0 saturated carbocycles. The first kappa shape index (κ1) is 25.5. The van der Waals surface area contributed by atoms with E-state index in [0.717, 1.165) is 33.0 Å². The fraction of sp³-hybridized carbons (Fsp3) is 0.192. The first-order chi connectivity index (χ1) is 14.1. The molecule has 0 radical (unpaired) electrons. The third-order valence-corrected chi connectivity index (χ3v) is 7.25. The summed E-state index contributed by atoms with van der Waals surface area (Å²) in [6.45, 7) is 6.38. The molecule has 3 aromatic carbocycles. The van der Waals surface area contributed by atoms with Gasteiger partial charge < -0.3 is 7.43 Å². The summed E-state index contributed by atoms with van der Waals surface area (Å²) in [7, 11) is 0. The number of aliphatic imine (C=N–C) groups is 2. The molecule has 0 N–H and O–H groups in total. The monoisotopic (exact) mass is 489 g/mol. The molecule has 0 unspecified atom stereocenters. The van der Waals surface area contributed by atoms with Gasteiger partial charge in [-0.3, -0.25) is 0 Å². The Morgan fingerprint density at radius 2 is 1.10 bits per heavy atom. The minimum absolute atomic E-state index is 0.